The van der Waals surface area contributed by atoms with Crippen LogP contribution in [0.4, 0.5) is 13.2 Å². The number of rotatable bonds is 6. The molecular formula is C13H18F3NOS. The van der Waals surface area contributed by atoms with E-state index in [2.05, 4.69) is 5.32 Å². The molecule has 0 bridgehead atoms. The Bertz CT molecular complexity index is 390. The largest absolute Gasteiger partial charge is 0.446 e. The molecule has 0 heterocycles. The number of thioether (sulfide) groups is 1. The second kappa shape index (κ2) is 6.63. The van der Waals surface area contributed by atoms with Crippen molar-refractivity contribution in [1.29, 1.82) is 0 Å². The van der Waals surface area contributed by atoms with Crippen LogP contribution in [0.1, 0.15) is 25.8 Å². The van der Waals surface area contributed by atoms with E-state index in [4.69, 9.17) is 0 Å². The predicted molar refractivity (Wildman–Crippen MR) is 71.0 cm³/mol. The topological polar surface area (TPSA) is 32.3 Å². The fourth-order valence-corrected chi connectivity index (χ4v) is 1.95. The van der Waals surface area contributed by atoms with E-state index in [-0.39, 0.29) is 16.7 Å². The predicted octanol–water partition coefficient (Wildman–Crippen LogP) is 3.55. The number of benzene rings is 1. The van der Waals surface area contributed by atoms with Crippen LogP contribution in [0.15, 0.2) is 29.2 Å². The van der Waals surface area contributed by atoms with Gasteiger partial charge < -0.3 is 10.4 Å². The Hall–Kier alpha value is -0.720. The third kappa shape index (κ3) is 6.84. The van der Waals surface area contributed by atoms with E-state index in [9.17, 15) is 18.3 Å². The molecule has 1 rings (SSSR count). The number of alkyl halides is 3. The minimum absolute atomic E-state index is 0.119. The standard InChI is InChI=1S/C13H18F3NOS/c1-3-12(2,18)9-17-8-10-4-6-11(7-5-10)19-13(14,15)16/h4-7,17-18H,3,8-9H2,1-2H3. The van der Waals surface area contributed by atoms with Crippen molar-refractivity contribution in [2.24, 2.45) is 0 Å². The molecule has 0 fully saturated rings. The lowest BCUT2D eigenvalue weighted by molar-refractivity contribution is -0.0328. The summed E-state index contributed by atoms with van der Waals surface area (Å²) >= 11 is -0.119. The second-order valence-electron chi connectivity index (χ2n) is 4.65. The molecule has 1 unspecified atom stereocenters. The average molecular weight is 293 g/mol. The van der Waals surface area contributed by atoms with Gasteiger partial charge in [-0.3, -0.25) is 0 Å². The molecule has 0 aliphatic carbocycles. The molecule has 0 aliphatic rings. The van der Waals surface area contributed by atoms with Crippen molar-refractivity contribution in [3.63, 3.8) is 0 Å². The van der Waals surface area contributed by atoms with E-state index in [1.54, 1.807) is 19.1 Å². The van der Waals surface area contributed by atoms with Crippen LogP contribution in [0.5, 0.6) is 0 Å². The lowest BCUT2D eigenvalue weighted by atomic mass is 10.0. The Morgan fingerprint density at radius 3 is 2.26 bits per heavy atom. The van der Waals surface area contributed by atoms with Crippen LogP contribution in [0.2, 0.25) is 0 Å². The van der Waals surface area contributed by atoms with Crippen LogP contribution in [0.3, 0.4) is 0 Å². The monoisotopic (exact) mass is 293 g/mol. The summed E-state index contributed by atoms with van der Waals surface area (Å²) in [5, 5.41) is 12.9. The van der Waals surface area contributed by atoms with Gasteiger partial charge in [-0.15, -0.1) is 0 Å². The van der Waals surface area contributed by atoms with Crippen molar-refractivity contribution in [1.82, 2.24) is 5.32 Å². The Labute approximate surface area is 115 Å². The minimum atomic E-state index is -4.25. The van der Waals surface area contributed by atoms with Gasteiger partial charge in [0.1, 0.15) is 0 Å². The Balaban J connectivity index is 2.45. The molecule has 0 saturated heterocycles. The summed E-state index contributed by atoms with van der Waals surface area (Å²) in [6, 6.07) is 6.21. The van der Waals surface area contributed by atoms with Crippen molar-refractivity contribution in [3.8, 4) is 0 Å². The van der Waals surface area contributed by atoms with E-state index in [0.29, 0.717) is 19.5 Å². The molecule has 0 aromatic heterocycles. The van der Waals surface area contributed by atoms with Crippen LogP contribution in [-0.2, 0) is 6.54 Å². The van der Waals surface area contributed by atoms with Gasteiger partial charge in [-0.2, -0.15) is 13.2 Å². The van der Waals surface area contributed by atoms with Gasteiger partial charge in [-0.05, 0) is 42.8 Å². The fraction of sp³-hybridized carbons (Fsp3) is 0.538. The van der Waals surface area contributed by atoms with Crippen LogP contribution >= 0.6 is 11.8 Å². The lowest BCUT2D eigenvalue weighted by Gasteiger charge is -2.21. The molecule has 0 saturated carbocycles. The van der Waals surface area contributed by atoms with Crippen LogP contribution in [-0.4, -0.2) is 22.8 Å². The minimum Gasteiger partial charge on any atom is -0.389 e. The maximum atomic E-state index is 12.1. The molecule has 0 radical (unpaired) electrons. The van der Waals surface area contributed by atoms with Gasteiger partial charge in [-0.1, -0.05) is 19.1 Å². The number of nitrogens with one attached hydrogen (secondary N) is 1. The van der Waals surface area contributed by atoms with E-state index < -0.39 is 11.1 Å². The van der Waals surface area contributed by atoms with E-state index >= 15 is 0 Å². The summed E-state index contributed by atoms with van der Waals surface area (Å²) in [5.41, 5.74) is -4.12. The highest BCUT2D eigenvalue weighted by atomic mass is 32.2. The zero-order valence-electron chi connectivity index (χ0n) is 10.9. The van der Waals surface area contributed by atoms with Crippen molar-refractivity contribution >= 4 is 11.8 Å². The maximum absolute atomic E-state index is 12.1. The fourth-order valence-electron chi connectivity index (χ4n) is 1.41. The number of hydrogen-bond acceptors (Lipinski definition) is 3. The molecule has 1 aromatic carbocycles. The Morgan fingerprint density at radius 2 is 1.79 bits per heavy atom. The van der Waals surface area contributed by atoms with Gasteiger partial charge in [0.05, 0.1) is 5.60 Å². The average Bonchev–Trinajstić information content (AvgIpc) is 2.29. The zero-order chi connectivity index (χ0) is 14.5. The van der Waals surface area contributed by atoms with Crippen molar-refractivity contribution in [2.45, 2.75) is 42.8 Å². The summed E-state index contributed by atoms with van der Waals surface area (Å²) < 4.78 is 36.4. The third-order valence-electron chi connectivity index (χ3n) is 2.75. The van der Waals surface area contributed by atoms with Crippen molar-refractivity contribution in [3.05, 3.63) is 29.8 Å². The van der Waals surface area contributed by atoms with Gasteiger partial charge in [0.2, 0.25) is 0 Å². The van der Waals surface area contributed by atoms with E-state index in [1.165, 1.54) is 12.1 Å². The number of halogens is 3. The number of aliphatic hydroxyl groups is 1. The molecule has 1 atom stereocenters. The molecule has 0 spiro atoms. The first-order valence-electron chi connectivity index (χ1n) is 6.00. The molecular weight excluding hydrogens is 275 g/mol. The summed E-state index contributed by atoms with van der Waals surface area (Å²) in [6.45, 7) is 4.60. The number of hydrogen-bond donors (Lipinski definition) is 2. The summed E-state index contributed by atoms with van der Waals surface area (Å²) in [5.74, 6) is 0. The van der Waals surface area contributed by atoms with Gasteiger partial charge in [0, 0.05) is 18.0 Å². The first kappa shape index (κ1) is 16.3. The molecule has 6 heteroatoms. The SMILES string of the molecule is CCC(C)(O)CNCc1ccc(SC(F)(F)F)cc1. The summed E-state index contributed by atoms with van der Waals surface area (Å²) in [4.78, 5) is 0.178. The maximum Gasteiger partial charge on any atom is 0.446 e. The van der Waals surface area contributed by atoms with Crippen LogP contribution in [0, 0.1) is 0 Å². The molecule has 0 amide bonds. The second-order valence-corrected chi connectivity index (χ2v) is 5.78. The third-order valence-corrected chi connectivity index (χ3v) is 3.49. The van der Waals surface area contributed by atoms with E-state index in [0.717, 1.165) is 5.56 Å². The molecule has 1 aromatic rings. The highest BCUT2D eigenvalue weighted by molar-refractivity contribution is 8.00. The molecule has 0 aliphatic heterocycles. The molecule has 2 N–H and O–H groups in total. The summed E-state index contributed by atoms with van der Waals surface area (Å²) in [6.07, 6.45) is 0.640. The van der Waals surface area contributed by atoms with Crippen molar-refractivity contribution in [2.75, 3.05) is 6.54 Å². The Kier molecular flexibility index (Phi) is 5.70. The van der Waals surface area contributed by atoms with Gasteiger partial charge >= 0.3 is 5.51 Å². The van der Waals surface area contributed by atoms with Crippen molar-refractivity contribution < 1.29 is 18.3 Å². The quantitative estimate of drug-likeness (QED) is 0.787. The first-order chi connectivity index (χ1) is 8.72. The summed E-state index contributed by atoms with van der Waals surface area (Å²) in [7, 11) is 0. The molecule has 108 valence electrons. The molecule has 19 heavy (non-hydrogen) atoms. The van der Waals surface area contributed by atoms with Gasteiger partial charge in [0.15, 0.2) is 0 Å². The lowest BCUT2D eigenvalue weighted by Crippen LogP contribution is -2.36. The zero-order valence-corrected chi connectivity index (χ0v) is 11.7. The normalized spacial score (nSPS) is 15.3. The smallest absolute Gasteiger partial charge is 0.389 e. The van der Waals surface area contributed by atoms with Gasteiger partial charge in [0.25, 0.3) is 0 Å². The highest BCUT2D eigenvalue weighted by Crippen LogP contribution is 2.36. The highest BCUT2D eigenvalue weighted by Gasteiger charge is 2.28. The van der Waals surface area contributed by atoms with Crippen LogP contribution in [0.25, 0.3) is 0 Å². The first-order valence-corrected chi connectivity index (χ1v) is 6.81. The van der Waals surface area contributed by atoms with Crippen LogP contribution < -0.4 is 5.32 Å². The van der Waals surface area contributed by atoms with E-state index in [1.807, 2.05) is 6.92 Å². The molecule has 2 nitrogen and oxygen atoms in total. The Morgan fingerprint density at radius 1 is 1.21 bits per heavy atom. The van der Waals surface area contributed by atoms with Gasteiger partial charge in [-0.25, -0.2) is 0 Å².